The van der Waals surface area contributed by atoms with E-state index in [0.29, 0.717) is 16.9 Å². The van der Waals surface area contributed by atoms with Gasteiger partial charge in [0.2, 0.25) is 0 Å². The largest absolute Gasteiger partial charge is 0.506 e. The van der Waals surface area contributed by atoms with Gasteiger partial charge in [-0.05, 0) is 38.5 Å². The summed E-state index contributed by atoms with van der Waals surface area (Å²) >= 11 is 0. The Kier molecular flexibility index (Phi) is 5.04. The molecular weight excluding hydrogens is 396 g/mol. The number of aromatic hydroxyl groups is 1. The minimum atomic E-state index is -0.987. The summed E-state index contributed by atoms with van der Waals surface area (Å²) in [6.45, 7) is 7.30. The van der Waals surface area contributed by atoms with E-state index in [9.17, 15) is 19.8 Å². The summed E-state index contributed by atoms with van der Waals surface area (Å²) in [7, 11) is 0. The average Bonchev–Trinajstić information content (AvgIpc) is 2.70. The molecule has 2 aliphatic rings. The first-order valence-electron chi connectivity index (χ1n) is 10.4. The molecule has 6 nitrogen and oxygen atoms in total. The Labute approximate surface area is 181 Å². The number of carbonyl (C=O) groups is 2. The molecule has 0 aliphatic carbocycles. The first kappa shape index (κ1) is 21.0. The number of aliphatic carboxylic acids is 1. The Morgan fingerprint density at radius 2 is 1.84 bits per heavy atom. The number of phenolic OH excluding ortho intramolecular Hbond substituents is 1. The number of hydrogen-bond acceptors (Lipinski definition) is 5. The lowest BCUT2D eigenvalue weighted by Crippen LogP contribution is -2.36. The maximum atomic E-state index is 13.2. The zero-order chi connectivity index (χ0) is 22.5. The molecule has 31 heavy (non-hydrogen) atoms. The predicted molar refractivity (Wildman–Crippen MR) is 116 cm³/mol. The fourth-order valence-electron chi connectivity index (χ4n) is 4.22. The lowest BCUT2D eigenvalue weighted by Gasteiger charge is -2.37. The first-order valence-corrected chi connectivity index (χ1v) is 10.4. The van der Waals surface area contributed by atoms with Crippen LogP contribution in [-0.2, 0) is 4.79 Å². The van der Waals surface area contributed by atoms with E-state index in [1.165, 1.54) is 0 Å². The monoisotopic (exact) mass is 422 g/mol. The normalized spacial score (nSPS) is 22.0. The van der Waals surface area contributed by atoms with Crippen molar-refractivity contribution in [2.45, 2.75) is 51.7 Å². The highest BCUT2D eigenvalue weighted by Gasteiger charge is 2.42. The van der Waals surface area contributed by atoms with Gasteiger partial charge in [-0.15, -0.1) is 0 Å². The molecule has 0 fully saturated rings. The second kappa shape index (κ2) is 7.45. The summed E-state index contributed by atoms with van der Waals surface area (Å²) in [6.07, 6.45) is 2.89. The second-order valence-corrected chi connectivity index (χ2v) is 8.79. The third kappa shape index (κ3) is 3.56. The summed E-state index contributed by atoms with van der Waals surface area (Å²) in [4.78, 5) is 25.0. The molecule has 0 aromatic heterocycles. The van der Waals surface area contributed by atoms with Crippen LogP contribution in [0.5, 0.6) is 17.2 Å². The van der Waals surface area contributed by atoms with Crippen LogP contribution in [0.2, 0.25) is 0 Å². The molecular formula is C25H26O6. The Morgan fingerprint density at radius 1 is 1.16 bits per heavy atom. The quantitative estimate of drug-likeness (QED) is 0.736. The van der Waals surface area contributed by atoms with Crippen LogP contribution in [0.3, 0.4) is 0 Å². The third-order valence-corrected chi connectivity index (χ3v) is 6.07. The molecule has 0 saturated heterocycles. The number of hydrogen-bond donors (Lipinski definition) is 2. The summed E-state index contributed by atoms with van der Waals surface area (Å²) in [6, 6.07) is 9.23. The fraction of sp³-hybridized carbons (Fsp3) is 0.360. The summed E-state index contributed by atoms with van der Waals surface area (Å²) in [5.74, 6) is -1.90. The van der Waals surface area contributed by atoms with Crippen LogP contribution < -0.4 is 9.47 Å². The molecule has 2 heterocycles. The Morgan fingerprint density at radius 3 is 2.48 bits per heavy atom. The SMILES string of the molecule is C[C@@H]1Oc2c(c(O)c3c(c2[C@@H](CC(=O)O)c2ccccc2)OC(C)(C)C=C3)C(=O)[C@@H]1C. The molecule has 0 saturated carbocycles. The van der Waals surface area contributed by atoms with Gasteiger partial charge in [0.15, 0.2) is 5.78 Å². The van der Waals surface area contributed by atoms with E-state index >= 15 is 0 Å². The lowest BCUT2D eigenvalue weighted by atomic mass is 9.80. The van der Waals surface area contributed by atoms with E-state index < -0.39 is 29.5 Å². The average molecular weight is 422 g/mol. The minimum absolute atomic E-state index is 0.0960. The highest BCUT2D eigenvalue weighted by Crippen LogP contribution is 2.54. The minimum Gasteiger partial charge on any atom is -0.506 e. The molecule has 6 heteroatoms. The van der Waals surface area contributed by atoms with E-state index in [4.69, 9.17) is 9.47 Å². The van der Waals surface area contributed by atoms with Crippen molar-refractivity contribution < 1.29 is 29.3 Å². The molecule has 162 valence electrons. The maximum absolute atomic E-state index is 13.2. The molecule has 2 aromatic carbocycles. The van der Waals surface area contributed by atoms with E-state index in [1.54, 1.807) is 26.0 Å². The number of ether oxygens (including phenoxy) is 2. The number of phenols is 1. The molecule has 2 aromatic rings. The summed E-state index contributed by atoms with van der Waals surface area (Å²) in [5, 5.41) is 20.7. The Bertz CT molecular complexity index is 1080. The van der Waals surface area contributed by atoms with Gasteiger partial charge in [-0.2, -0.15) is 0 Å². The van der Waals surface area contributed by atoms with Crippen molar-refractivity contribution in [2.24, 2.45) is 5.92 Å². The standard InChI is InChI=1S/C25H26O6/c1-13-14(2)30-24-19(17(12-18(26)27)15-8-6-5-7-9-15)23-16(10-11-25(3,4)31-23)22(29)20(24)21(13)28/h5-11,13-14,17,29H,12H2,1-4H3,(H,26,27)/t13-,14+,17+/m1/s1. The highest BCUT2D eigenvalue weighted by molar-refractivity contribution is 6.06. The number of Topliss-reactive ketones (excluding diaryl/α,β-unsaturated/α-hetero) is 1. The van der Waals surface area contributed by atoms with Gasteiger partial charge < -0.3 is 19.7 Å². The van der Waals surface area contributed by atoms with Gasteiger partial charge in [0.25, 0.3) is 0 Å². The molecule has 0 amide bonds. The summed E-state index contributed by atoms with van der Waals surface area (Å²) < 4.78 is 12.4. The van der Waals surface area contributed by atoms with Crippen molar-refractivity contribution in [3.8, 4) is 17.2 Å². The maximum Gasteiger partial charge on any atom is 0.304 e. The van der Waals surface area contributed by atoms with Crippen LogP contribution in [0.1, 0.15) is 67.1 Å². The second-order valence-electron chi connectivity index (χ2n) is 8.79. The van der Waals surface area contributed by atoms with Gasteiger partial charge >= 0.3 is 5.97 Å². The smallest absolute Gasteiger partial charge is 0.304 e. The molecule has 2 N–H and O–H groups in total. The number of fused-ring (bicyclic) bond motifs is 2. The molecule has 2 aliphatic heterocycles. The van der Waals surface area contributed by atoms with Gasteiger partial charge in [0.05, 0.1) is 17.9 Å². The molecule has 0 bridgehead atoms. The van der Waals surface area contributed by atoms with Gasteiger partial charge in [-0.1, -0.05) is 37.3 Å². The molecule has 4 rings (SSSR count). The topological polar surface area (TPSA) is 93.1 Å². The fourth-order valence-corrected chi connectivity index (χ4v) is 4.22. The first-order chi connectivity index (χ1) is 14.6. The van der Waals surface area contributed by atoms with Gasteiger partial charge in [0.1, 0.15) is 34.5 Å². The molecule has 0 radical (unpaired) electrons. The van der Waals surface area contributed by atoms with E-state index in [2.05, 4.69) is 0 Å². The van der Waals surface area contributed by atoms with Gasteiger partial charge in [-0.25, -0.2) is 0 Å². The third-order valence-electron chi connectivity index (χ3n) is 6.07. The van der Waals surface area contributed by atoms with E-state index in [0.717, 1.165) is 5.56 Å². The van der Waals surface area contributed by atoms with Crippen LogP contribution in [0.25, 0.3) is 6.08 Å². The number of carboxylic acids is 1. The van der Waals surface area contributed by atoms with Crippen LogP contribution in [-0.4, -0.2) is 33.7 Å². The van der Waals surface area contributed by atoms with Crippen LogP contribution in [0, 0.1) is 5.92 Å². The number of carboxylic acid groups (broad SMARTS) is 1. The van der Waals surface area contributed by atoms with Crippen molar-refractivity contribution >= 4 is 17.8 Å². The Hall–Kier alpha value is -3.28. The van der Waals surface area contributed by atoms with Crippen LogP contribution in [0.15, 0.2) is 36.4 Å². The van der Waals surface area contributed by atoms with Crippen molar-refractivity contribution in [1.82, 2.24) is 0 Å². The van der Waals surface area contributed by atoms with E-state index in [1.807, 2.05) is 44.2 Å². The van der Waals surface area contributed by atoms with Crippen LogP contribution in [0.4, 0.5) is 0 Å². The van der Waals surface area contributed by atoms with Gasteiger partial charge in [0, 0.05) is 11.5 Å². The molecule has 3 atom stereocenters. The zero-order valence-corrected chi connectivity index (χ0v) is 18.0. The van der Waals surface area contributed by atoms with Crippen molar-refractivity contribution in [1.29, 1.82) is 0 Å². The van der Waals surface area contributed by atoms with Crippen molar-refractivity contribution in [3.63, 3.8) is 0 Å². The number of ketones is 1. The van der Waals surface area contributed by atoms with Crippen molar-refractivity contribution in [3.05, 3.63) is 58.7 Å². The van der Waals surface area contributed by atoms with Gasteiger partial charge in [-0.3, -0.25) is 9.59 Å². The number of carbonyl (C=O) groups excluding carboxylic acids is 1. The Balaban J connectivity index is 2.08. The molecule has 0 unspecified atom stereocenters. The van der Waals surface area contributed by atoms with Crippen LogP contribution >= 0.6 is 0 Å². The summed E-state index contributed by atoms with van der Waals surface area (Å²) in [5.41, 5.74) is 1.04. The van der Waals surface area contributed by atoms with E-state index in [-0.39, 0.29) is 29.3 Å². The molecule has 0 spiro atoms. The lowest BCUT2D eigenvalue weighted by molar-refractivity contribution is -0.137. The van der Waals surface area contributed by atoms with Crippen molar-refractivity contribution in [2.75, 3.05) is 0 Å². The number of rotatable bonds is 4. The highest BCUT2D eigenvalue weighted by atomic mass is 16.5. The predicted octanol–water partition coefficient (Wildman–Crippen LogP) is 4.78. The zero-order valence-electron chi connectivity index (χ0n) is 18.0. The number of benzene rings is 2.